The fraction of sp³-hybridized carbons (Fsp3) is 0.444. The van der Waals surface area contributed by atoms with Crippen molar-refractivity contribution in [2.45, 2.75) is 25.8 Å². The average Bonchev–Trinajstić information content (AvgIpc) is 3.39. The first-order valence-corrected chi connectivity index (χ1v) is 8.55. The van der Waals surface area contributed by atoms with Crippen LogP contribution < -0.4 is 20.8 Å². The van der Waals surface area contributed by atoms with Gasteiger partial charge in [0.15, 0.2) is 5.75 Å². The number of carboxylic acid groups (broad SMARTS) is 1. The van der Waals surface area contributed by atoms with Gasteiger partial charge in [0.2, 0.25) is 5.43 Å². The van der Waals surface area contributed by atoms with E-state index in [0.29, 0.717) is 30.8 Å². The number of halogens is 1. The minimum Gasteiger partial charge on any atom is -0.449 e. The Kier molecular flexibility index (Phi) is 3.69. The summed E-state index contributed by atoms with van der Waals surface area (Å²) in [6.07, 6.45) is 1.69. The Morgan fingerprint density at radius 3 is 2.69 bits per heavy atom. The van der Waals surface area contributed by atoms with E-state index in [0.717, 1.165) is 12.8 Å². The molecule has 0 atom stereocenters. The van der Waals surface area contributed by atoms with Gasteiger partial charge in [-0.05, 0) is 25.0 Å². The van der Waals surface area contributed by atoms with Gasteiger partial charge < -0.3 is 25.0 Å². The van der Waals surface area contributed by atoms with Gasteiger partial charge in [-0.1, -0.05) is 6.92 Å². The van der Waals surface area contributed by atoms with Crippen LogP contribution in [0.5, 0.6) is 5.75 Å². The molecule has 0 unspecified atom stereocenters. The van der Waals surface area contributed by atoms with E-state index in [9.17, 15) is 14.0 Å². The second-order valence-electron chi connectivity index (χ2n) is 7.52. The highest BCUT2D eigenvalue weighted by Crippen LogP contribution is 2.40. The van der Waals surface area contributed by atoms with E-state index in [1.165, 1.54) is 12.3 Å². The van der Waals surface area contributed by atoms with Crippen LogP contribution in [0.1, 0.15) is 25.8 Å². The van der Waals surface area contributed by atoms with E-state index in [4.69, 9.17) is 10.8 Å². The van der Waals surface area contributed by atoms with Gasteiger partial charge in [0, 0.05) is 31.1 Å². The number of anilines is 1. The van der Waals surface area contributed by atoms with Gasteiger partial charge in [0.1, 0.15) is 5.82 Å². The van der Waals surface area contributed by atoms with Gasteiger partial charge in [0.05, 0.1) is 22.8 Å². The van der Waals surface area contributed by atoms with Crippen molar-refractivity contribution in [1.82, 2.24) is 4.57 Å². The average molecular weight is 361 g/mol. The lowest BCUT2D eigenvalue weighted by Gasteiger charge is -2.49. The number of carbonyl (C=O) groups is 1. The first-order chi connectivity index (χ1) is 12.3. The van der Waals surface area contributed by atoms with E-state index in [-0.39, 0.29) is 22.6 Å². The molecule has 0 radical (unpaired) electrons. The maximum absolute atomic E-state index is 14.7. The number of nitrogens with zero attached hydrogens (tertiary/aromatic N) is 2. The Labute approximate surface area is 148 Å². The summed E-state index contributed by atoms with van der Waals surface area (Å²) in [4.78, 5) is 25.3. The van der Waals surface area contributed by atoms with Crippen LogP contribution in [0.15, 0.2) is 23.1 Å². The fourth-order valence-electron chi connectivity index (χ4n) is 3.57. The number of hydrogen-bond donors (Lipinski definition) is 2. The summed E-state index contributed by atoms with van der Waals surface area (Å²) in [6, 6.07) is 3.02. The van der Waals surface area contributed by atoms with Gasteiger partial charge >= 0.3 is 6.16 Å². The molecule has 2 fully saturated rings. The SMILES string of the molecule is CC1(CN)CN(c2cc3c(cc2F)c(=O)c(OC(=O)O)cn3C2CC2)C1. The van der Waals surface area contributed by atoms with Gasteiger partial charge in [0.25, 0.3) is 0 Å². The zero-order valence-corrected chi connectivity index (χ0v) is 14.4. The molecule has 2 aromatic rings. The lowest BCUT2D eigenvalue weighted by atomic mass is 9.81. The zero-order valence-electron chi connectivity index (χ0n) is 14.4. The zero-order chi connectivity index (χ0) is 18.6. The summed E-state index contributed by atoms with van der Waals surface area (Å²) in [5.41, 5.74) is 6.13. The first-order valence-electron chi connectivity index (χ1n) is 8.55. The van der Waals surface area contributed by atoms with Crippen molar-refractivity contribution in [1.29, 1.82) is 0 Å². The normalized spacial score (nSPS) is 18.7. The standard InChI is InChI=1S/C18H20FN3O4/c1-18(7-20)8-21(9-18)14-5-13-11(4-12(14)19)16(23)15(26-17(24)25)6-22(13)10-2-3-10/h4-6,10H,2-3,7-9,20H2,1H3,(H,24,25). The predicted molar refractivity (Wildman–Crippen MR) is 94.5 cm³/mol. The van der Waals surface area contributed by atoms with Crippen molar-refractivity contribution >= 4 is 22.7 Å². The topological polar surface area (TPSA) is 97.8 Å². The molecule has 0 amide bonds. The van der Waals surface area contributed by atoms with Gasteiger partial charge in [-0.3, -0.25) is 4.79 Å². The summed E-state index contributed by atoms with van der Waals surface area (Å²) < 4.78 is 21.1. The molecule has 4 rings (SSSR count). The molecule has 0 spiro atoms. The third-order valence-corrected chi connectivity index (χ3v) is 5.18. The number of hydrogen-bond acceptors (Lipinski definition) is 5. The summed E-state index contributed by atoms with van der Waals surface area (Å²) >= 11 is 0. The molecule has 0 bridgehead atoms. The molecule has 1 aromatic carbocycles. The Balaban J connectivity index is 1.84. The highest BCUT2D eigenvalue weighted by molar-refractivity contribution is 5.85. The maximum Gasteiger partial charge on any atom is 0.511 e. The molecular weight excluding hydrogens is 341 g/mol. The van der Waals surface area contributed by atoms with Crippen LogP contribution >= 0.6 is 0 Å². The molecule has 1 saturated carbocycles. The minimum absolute atomic E-state index is 0.0310. The van der Waals surface area contributed by atoms with Crippen molar-refractivity contribution in [2.75, 3.05) is 24.5 Å². The Morgan fingerprint density at radius 1 is 1.42 bits per heavy atom. The van der Waals surface area contributed by atoms with Crippen LogP contribution in [-0.2, 0) is 0 Å². The van der Waals surface area contributed by atoms with E-state index < -0.39 is 17.4 Å². The Morgan fingerprint density at radius 2 is 2.12 bits per heavy atom. The smallest absolute Gasteiger partial charge is 0.449 e. The molecule has 1 aliphatic heterocycles. The van der Waals surface area contributed by atoms with Crippen LogP contribution in [0, 0.1) is 11.2 Å². The van der Waals surface area contributed by atoms with Gasteiger partial charge in [-0.25, -0.2) is 9.18 Å². The van der Waals surface area contributed by atoms with Crippen LogP contribution in [0.2, 0.25) is 0 Å². The predicted octanol–water partition coefficient (Wildman–Crippen LogP) is 2.32. The fourth-order valence-corrected chi connectivity index (χ4v) is 3.57. The second kappa shape index (κ2) is 5.70. The quantitative estimate of drug-likeness (QED) is 0.811. The number of benzene rings is 1. The number of fused-ring (bicyclic) bond motifs is 1. The monoisotopic (exact) mass is 361 g/mol. The molecule has 8 heteroatoms. The van der Waals surface area contributed by atoms with E-state index >= 15 is 0 Å². The lowest BCUT2D eigenvalue weighted by molar-refractivity contribution is 0.143. The lowest BCUT2D eigenvalue weighted by Crippen LogP contribution is -2.58. The molecule has 7 nitrogen and oxygen atoms in total. The van der Waals surface area contributed by atoms with Crippen molar-refractivity contribution in [2.24, 2.45) is 11.1 Å². The number of ether oxygens (including phenoxy) is 1. The van der Waals surface area contributed by atoms with Crippen LogP contribution in [-0.4, -0.2) is 35.5 Å². The Bertz CT molecular complexity index is 961. The molecule has 1 saturated heterocycles. The molecule has 1 aliphatic carbocycles. The number of aromatic nitrogens is 1. The number of pyridine rings is 1. The third kappa shape index (κ3) is 2.70. The van der Waals surface area contributed by atoms with Crippen molar-refractivity contribution in [3.63, 3.8) is 0 Å². The van der Waals surface area contributed by atoms with Gasteiger partial charge in [-0.2, -0.15) is 0 Å². The van der Waals surface area contributed by atoms with Gasteiger partial charge in [-0.15, -0.1) is 0 Å². The highest BCUT2D eigenvalue weighted by Gasteiger charge is 2.39. The minimum atomic E-state index is -1.57. The van der Waals surface area contributed by atoms with Crippen LogP contribution in [0.3, 0.4) is 0 Å². The van der Waals surface area contributed by atoms with Crippen molar-refractivity contribution < 1.29 is 19.0 Å². The largest absolute Gasteiger partial charge is 0.511 e. The van der Waals surface area contributed by atoms with Crippen LogP contribution in [0.4, 0.5) is 14.9 Å². The molecular formula is C18H20FN3O4. The van der Waals surface area contributed by atoms with E-state index in [1.54, 1.807) is 6.07 Å². The molecule has 138 valence electrons. The summed E-state index contributed by atoms with van der Waals surface area (Å²) in [6.45, 7) is 3.89. The molecule has 1 aromatic heterocycles. The second-order valence-corrected chi connectivity index (χ2v) is 7.52. The van der Waals surface area contributed by atoms with E-state index in [2.05, 4.69) is 11.7 Å². The summed E-state index contributed by atoms with van der Waals surface area (Å²) in [5.74, 6) is -0.813. The molecule has 26 heavy (non-hydrogen) atoms. The van der Waals surface area contributed by atoms with Crippen molar-refractivity contribution in [3.05, 3.63) is 34.4 Å². The Hall–Kier alpha value is -2.61. The number of nitrogens with two attached hydrogens (primary N) is 1. The first kappa shape index (κ1) is 16.8. The highest BCUT2D eigenvalue weighted by atomic mass is 19.1. The molecule has 2 aliphatic rings. The summed E-state index contributed by atoms with van der Waals surface area (Å²) in [7, 11) is 0. The number of rotatable bonds is 4. The third-order valence-electron chi connectivity index (χ3n) is 5.18. The van der Waals surface area contributed by atoms with Crippen molar-refractivity contribution in [3.8, 4) is 5.75 Å². The molecule has 2 heterocycles. The van der Waals surface area contributed by atoms with E-state index in [1.807, 2.05) is 9.47 Å². The summed E-state index contributed by atoms with van der Waals surface area (Å²) in [5, 5.41) is 8.95. The van der Waals surface area contributed by atoms with Crippen LogP contribution in [0.25, 0.3) is 10.9 Å². The molecule has 3 N–H and O–H groups in total. The maximum atomic E-state index is 14.7.